The van der Waals surface area contributed by atoms with Gasteiger partial charge in [-0.3, -0.25) is 4.79 Å². The average molecular weight is 318 g/mol. The lowest BCUT2D eigenvalue weighted by atomic mass is 10.1. The van der Waals surface area contributed by atoms with Gasteiger partial charge in [-0.2, -0.15) is 0 Å². The van der Waals surface area contributed by atoms with Crippen molar-refractivity contribution >= 4 is 27.5 Å². The van der Waals surface area contributed by atoms with Crippen molar-refractivity contribution in [3.8, 4) is 0 Å². The summed E-state index contributed by atoms with van der Waals surface area (Å²) in [7, 11) is 1.80. The van der Waals surface area contributed by atoms with Gasteiger partial charge in [0.2, 0.25) is 0 Å². The summed E-state index contributed by atoms with van der Waals surface area (Å²) >= 11 is 3.39. The molecule has 2 aromatic rings. The van der Waals surface area contributed by atoms with Gasteiger partial charge in [0.25, 0.3) is 5.91 Å². The first-order chi connectivity index (χ1) is 8.97. The molecule has 2 aromatic carbocycles. The zero-order chi connectivity index (χ0) is 14.0. The van der Waals surface area contributed by atoms with Crippen LogP contribution < -0.4 is 4.90 Å². The molecule has 0 saturated heterocycles. The molecule has 0 spiro atoms. The van der Waals surface area contributed by atoms with E-state index in [0.717, 1.165) is 21.3 Å². The fourth-order valence-corrected chi connectivity index (χ4v) is 2.48. The third-order valence-corrected chi connectivity index (χ3v) is 3.46. The summed E-state index contributed by atoms with van der Waals surface area (Å²) in [5.41, 5.74) is 3.91. The Bertz CT molecular complexity index is 602. The van der Waals surface area contributed by atoms with Crippen molar-refractivity contribution in [3.63, 3.8) is 0 Å². The lowest BCUT2D eigenvalue weighted by molar-refractivity contribution is 0.0993. The average Bonchev–Trinajstić information content (AvgIpc) is 2.36. The van der Waals surface area contributed by atoms with Crippen molar-refractivity contribution < 1.29 is 4.79 Å². The van der Waals surface area contributed by atoms with Crippen LogP contribution >= 0.6 is 15.9 Å². The summed E-state index contributed by atoms with van der Waals surface area (Å²) in [5, 5.41) is 0. The summed E-state index contributed by atoms with van der Waals surface area (Å²) in [5.74, 6) is -0.00806. The molecule has 1 amide bonds. The van der Waals surface area contributed by atoms with Crippen LogP contribution in [0.2, 0.25) is 0 Å². The van der Waals surface area contributed by atoms with Crippen molar-refractivity contribution in [1.29, 1.82) is 0 Å². The lowest BCUT2D eigenvalue weighted by Crippen LogP contribution is -2.26. The van der Waals surface area contributed by atoms with Crippen LogP contribution in [0.15, 0.2) is 46.9 Å². The second-order valence-electron chi connectivity index (χ2n) is 4.72. The van der Waals surface area contributed by atoms with E-state index in [2.05, 4.69) is 22.0 Å². The van der Waals surface area contributed by atoms with Crippen LogP contribution in [0, 0.1) is 13.8 Å². The highest BCUT2D eigenvalue weighted by molar-refractivity contribution is 9.10. The Morgan fingerprint density at radius 1 is 1.05 bits per heavy atom. The molecule has 98 valence electrons. The monoisotopic (exact) mass is 317 g/mol. The van der Waals surface area contributed by atoms with Crippen molar-refractivity contribution in [2.24, 2.45) is 0 Å². The molecule has 0 aliphatic carbocycles. The second kappa shape index (κ2) is 5.57. The smallest absolute Gasteiger partial charge is 0.258 e. The Balaban J connectivity index is 2.33. The van der Waals surface area contributed by atoms with E-state index in [9.17, 15) is 4.79 Å². The molecule has 0 N–H and O–H groups in total. The summed E-state index contributed by atoms with van der Waals surface area (Å²) in [6.07, 6.45) is 0. The van der Waals surface area contributed by atoms with Gasteiger partial charge in [0.05, 0.1) is 0 Å². The second-order valence-corrected chi connectivity index (χ2v) is 5.64. The van der Waals surface area contributed by atoms with Gasteiger partial charge in [-0.1, -0.05) is 28.1 Å². The molecule has 0 atom stereocenters. The Labute approximate surface area is 122 Å². The standard InChI is InChI=1S/C16H16BrNO/c1-11-7-12(2)9-15(8-11)18(3)16(19)13-5-4-6-14(17)10-13/h4-10H,1-3H3. The fraction of sp³-hybridized carbons (Fsp3) is 0.188. The molecule has 2 nitrogen and oxygen atoms in total. The normalized spacial score (nSPS) is 10.3. The van der Waals surface area contributed by atoms with Crippen molar-refractivity contribution in [3.05, 3.63) is 63.6 Å². The molecular formula is C16H16BrNO. The Kier molecular flexibility index (Phi) is 4.05. The number of halogens is 1. The SMILES string of the molecule is Cc1cc(C)cc(N(C)C(=O)c2cccc(Br)c2)c1. The lowest BCUT2D eigenvalue weighted by Gasteiger charge is -2.18. The minimum atomic E-state index is -0.00806. The first-order valence-corrected chi connectivity index (χ1v) is 6.88. The van der Waals surface area contributed by atoms with Crippen LogP contribution in [0.3, 0.4) is 0 Å². The topological polar surface area (TPSA) is 20.3 Å². The quantitative estimate of drug-likeness (QED) is 0.806. The minimum absolute atomic E-state index is 0.00806. The van der Waals surface area contributed by atoms with Crippen LogP contribution in [0.1, 0.15) is 21.5 Å². The number of hydrogen-bond donors (Lipinski definition) is 0. The van der Waals surface area contributed by atoms with Crippen LogP contribution in [-0.4, -0.2) is 13.0 Å². The number of carbonyl (C=O) groups is 1. The predicted molar refractivity (Wildman–Crippen MR) is 82.8 cm³/mol. The zero-order valence-corrected chi connectivity index (χ0v) is 12.9. The number of hydrogen-bond acceptors (Lipinski definition) is 1. The molecule has 0 saturated carbocycles. The van der Waals surface area contributed by atoms with Gasteiger partial charge in [-0.25, -0.2) is 0 Å². The summed E-state index contributed by atoms with van der Waals surface area (Å²) in [6, 6.07) is 13.6. The first kappa shape index (κ1) is 13.8. The molecule has 0 aliphatic heterocycles. The highest BCUT2D eigenvalue weighted by Crippen LogP contribution is 2.20. The molecule has 3 heteroatoms. The maximum atomic E-state index is 12.4. The van der Waals surface area contributed by atoms with Crippen LogP contribution in [0.5, 0.6) is 0 Å². The molecule has 0 fully saturated rings. The molecular weight excluding hydrogens is 302 g/mol. The number of amides is 1. The highest BCUT2D eigenvalue weighted by Gasteiger charge is 2.14. The number of rotatable bonds is 2. The van der Waals surface area contributed by atoms with Gasteiger partial charge in [0, 0.05) is 22.8 Å². The van der Waals surface area contributed by atoms with Gasteiger partial charge in [-0.05, 0) is 55.3 Å². The minimum Gasteiger partial charge on any atom is -0.311 e. The summed E-state index contributed by atoms with van der Waals surface area (Å²) in [6.45, 7) is 4.07. The number of nitrogens with zero attached hydrogens (tertiary/aromatic N) is 1. The largest absolute Gasteiger partial charge is 0.311 e. The van der Waals surface area contributed by atoms with E-state index in [1.54, 1.807) is 11.9 Å². The molecule has 0 bridgehead atoms. The van der Waals surface area contributed by atoms with Crippen LogP contribution in [-0.2, 0) is 0 Å². The Morgan fingerprint density at radius 3 is 2.26 bits per heavy atom. The summed E-state index contributed by atoms with van der Waals surface area (Å²) in [4.78, 5) is 14.1. The van der Waals surface area contributed by atoms with E-state index in [4.69, 9.17) is 0 Å². The third kappa shape index (κ3) is 3.24. The molecule has 0 heterocycles. The third-order valence-electron chi connectivity index (χ3n) is 2.97. The number of benzene rings is 2. The molecule has 0 aromatic heterocycles. The van der Waals surface area contributed by atoms with Crippen LogP contribution in [0.4, 0.5) is 5.69 Å². The Hall–Kier alpha value is -1.61. The molecule has 0 unspecified atom stereocenters. The van der Waals surface area contributed by atoms with Crippen molar-refractivity contribution in [2.45, 2.75) is 13.8 Å². The van der Waals surface area contributed by atoms with Crippen molar-refractivity contribution in [1.82, 2.24) is 0 Å². The zero-order valence-electron chi connectivity index (χ0n) is 11.3. The number of aryl methyl sites for hydroxylation is 2. The van der Waals surface area contributed by atoms with Gasteiger partial charge in [0.15, 0.2) is 0 Å². The number of anilines is 1. The van der Waals surface area contributed by atoms with E-state index in [1.807, 2.05) is 50.2 Å². The maximum Gasteiger partial charge on any atom is 0.258 e. The van der Waals surface area contributed by atoms with Gasteiger partial charge in [-0.15, -0.1) is 0 Å². The first-order valence-electron chi connectivity index (χ1n) is 6.09. The maximum absolute atomic E-state index is 12.4. The molecule has 2 rings (SSSR count). The number of carbonyl (C=O) groups excluding carboxylic acids is 1. The van der Waals surface area contributed by atoms with E-state index in [0.29, 0.717) is 5.56 Å². The fourth-order valence-electron chi connectivity index (χ4n) is 2.08. The van der Waals surface area contributed by atoms with E-state index in [1.165, 1.54) is 0 Å². The Morgan fingerprint density at radius 2 is 1.68 bits per heavy atom. The predicted octanol–water partition coefficient (Wildman–Crippen LogP) is 4.34. The molecule has 0 aliphatic rings. The molecule has 19 heavy (non-hydrogen) atoms. The van der Waals surface area contributed by atoms with Gasteiger partial charge < -0.3 is 4.90 Å². The van der Waals surface area contributed by atoms with Gasteiger partial charge >= 0.3 is 0 Å². The van der Waals surface area contributed by atoms with E-state index < -0.39 is 0 Å². The van der Waals surface area contributed by atoms with Crippen LogP contribution in [0.25, 0.3) is 0 Å². The molecule has 0 radical (unpaired) electrons. The van der Waals surface area contributed by atoms with Gasteiger partial charge in [0.1, 0.15) is 0 Å². The van der Waals surface area contributed by atoms with E-state index >= 15 is 0 Å². The highest BCUT2D eigenvalue weighted by atomic mass is 79.9. The summed E-state index contributed by atoms with van der Waals surface area (Å²) < 4.78 is 0.909. The van der Waals surface area contributed by atoms with E-state index in [-0.39, 0.29) is 5.91 Å². The van der Waals surface area contributed by atoms with Crippen molar-refractivity contribution in [2.75, 3.05) is 11.9 Å².